The molecule has 1 aliphatic heterocycles. The second kappa shape index (κ2) is 8.96. The quantitative estimate of drug-likeness (QED) is 0.409. The summed E-state index contributed by atoms with van der Waals surface area (Å²) in [4.78, 5) is 17.9. The zero-order chi connectivity index (χ0) is 21.9. The number of carbonyl (C=O) groups is 1. The van der Waals surface area contributed by atoms with Crippen LogP contribution >= 0.6 is 11.8 Å². The van der Waals surface area contributed by atoms with E-state index in [0.29, 0.717) is 12.3 Å². The molecule has 1 N–H and O–H groups in total. The van der Waals surface area contributed by atoms with Gasteiger partial charge in [0.15, 0.2) is 16.7 Å². The molecule has 1 aliphatic rings. The van der Waals surface area contributed by atoms with Crippen LogP contribution in [0.2, 0.25) is 0 Å². The van der Waals surface area contributed by atoms with Crippen LogP contribution in [0.5, 0.6) is 11.5 Å². The highest BCUT2D eigenvalue weighted by molar-refractivity contribution is 7.98. The standard InChI is InChI=1S/C25H23N3O3S/c1-17(24(29)26-14-19-11-12-22-23(13-19)31-16-30-22)28-21-10-6-5-9-20(21)27-25(28)32-15-18-7-3-2-4-8-18/h2-13,17H,14-16H2,1H3,(H,26,29)/t17-/m1/s1. The number of imidazole rings is 1. The third kappa shape index (κ3) is 4.16. The number of ether oxygens (including phenoxy) is 2. The molecular formula is C25H23N3O3S. The summed E-state index contributed by atoms with van der Waals surface area (Å²) in [5.74, 6) is 2.17. The highest BCUT2D eigenvalue weighted by Gasteiger charge is 2.22. The SMILES string of the molecule is C[C@H](C(=O)NCc1ccc2c(c1)OCO2)n1c(SCc2ccccc2)nc2ccccc21. The van der Waals surface area contributed by atoms with E-state index in [1.54, 1.807) is 11.8 Å². The molecule has 0 fully saturated rings. The predicted octanol–water partition coefficient (Wildman–Crippen LogP) is 4.93. The smallest absolute Gasteiger partial charge is 0.243 e. The van der Waals surface area contributed by atoms with E-state index in [2.05, 4.69) is 17.4 Å². The van der Waals surface area contributed by atoms with Crippen molar-refractivity contribution in [2.24, 2.45) is 0 Å². The maximum atomic E-state index is 13.1. The largest absolute Gasteiger partial charge is 0.454 e. The van der Waals surface area contributed by atoms with E-state index in [1.807, 2.05) is 72.2 Å². The van der Waals surface area contributed by atoms with Crippen molar-refractivity contribution in [1.29, 1.82) is 0 Å². The van der Waals surface area contributed by atoms with Crippen LogP contribution in [0.1, 0.15) is 24.1 Å². The number of hydrogen-bond donors (Lipinski definition) is 1. The van der Waals surface area contributed by atoms with Crippen LogP contribution in [0, 0.1) is 0 Å². The van der Waals surface area contributed by atoms with Gasteiger partial charge in [0, 0.05) is 12.3 Å². The van der Waals surface area contributed by atoms with Crippen LogP contribution in [-0.2, 0) is 17.1 Å². The molecule has 7 heteroatoms. The number of hydrogen-bond acceptors (Lipinski definition) is 5. The third-order valence-electron chi connectivity index (χ3n) is 5.44. The van der Waals surface area contributed by atoms with E-state index in [1.165, 1.54) is 5.56 Å². The van der Waals surface area contributed by atoms with Gasteiger partial charge in [0.25, 0.3) is 0 Å². The second-order valence-corrected chi connectivity index (χ2v) is 8.55. The summed E-state index contributed by atoms with van der Waals surface area (Å²) in [6.07, 6.45) is 0. The van der Waals surface area contributed by atoms with Gasteiger partial charge in [-0.2, -0.15) is 0 Å². The fraction of sp³-hybridized carbons (Fsp3) is 0.200. The fourth-order valence-corrected chi connectivity index (χ4v) is 4.77. The number of fused-ring (bicyclic) bond motifs is 2. The summed E-state index contributed by atoms with van der Waals surface area (Å²) in [6.45, 7) is 2.56. The van der Waals surface area contributed by atoms with E-state index < -0.39 is 6.04 Å². The molecular weight excluding hydrogens is 422 g/mol. The molecule has 162 valence electrons. The minimum Gasteiger partial charge on any atom is -0.454 e. The molecule has 0 saturated carbocycles. The molecule has 6 nitrogen and oxygen atoms in total. The average Bonchev–Trinajstić information content (AvgIpc) is 3.45. The van der Waals surface area contributed by atoms with Crippen LogP contribution in [0.4, 0.5) is 0 Å². The Hall–Kier alpha value is -3.45. The molecule has 1 atom stereocenters. The van der Waals surface area contributed by atoms with Crippen molar-refractivity contribution in [1.82, 2.24) is 14.9 Å². The Morgan fingerprint density at radius 2 is 1.81 bits per heavy atom. The molecule has 0 radical (unpaired) electrons. The van der Waals surface area contributed by atoms with Gasteiger partial charge >= 0.3 is 0 Å². The minimum atomic E-state index is -0.408. The first-order valence-corrected chi connectivity index (χ1v) is 11.5. The van der Waals surface area contributed by atoms with Crippen molar-refractivity contribution < 1.29 is 14.3 Å². The first kappa shape index (κ1) is 20.5. The van der Waals surface area contributed by atoms with Crippen molar-refractivity contribution in [2.45, 2.75) is 30.4 Å². The van der Waals surface area contributed by atoms with Gasteiger partial charge in [0.05, 0.1) is 11.0 Å². The Morgan fingerprint density at radius 1 is 1.03 bits per heavy atom. The monoisotopic (exact) mass is 445 g/mol. The van der Waals surface area contributed by atoms with Crippen LogP contribution in [0.15, 0.2) is 78.0 Å². The molecule has 3 aromatic carbocycles. The molecule has 32 heavy (non-hydrogen) atoms. The van der Waals surface area contributed by atoms with Gasteiger partial charge in [0.1, 0.15) is 6.04 Å². The predicted molar refractivity (Wildman–Crippen MR) is 125 cm³/mol. The Bertz CT molecular complexity index is 1260. The number of nitrogens with one attached hydrogen (secondary N) is 1. The van der Waals surface area contributed by atoms with Crippen molar-refractivity contribution in [3.63, 3.8) is 0 Å². The topological polar surface area (TPSA) is 65.4 Å². The molecule has 0 unspecified atom stereocenters. The van der Waals surface area contributed by atoms with Gasteiger partial charge in [-0.05, 0) is 42.3 Å². The van der Waals surface area contributed by atoms with E-state index in [4.69, 9.17) is 14.5 Å². The molecule has 5 rings (SSSR count). The number of para-hydroxylation sites is 2. The number of aromatic nitrogens is 2. The molecule has 0 saturated heterocycles. The first-order chi connectivity index (χ1) is 15.7. The van der Waals surface area contributed by atoms with Crippen molar-refractivity contribution >= 4 is 28.7 Å². The lowest BCUT2D eigenvalue weighted by Gasteiger charge is -2.17. The molecule has 0 spiro atoms. The highest BCUT2D eigenvalue weighted by Crippen LogP contribution is 2.33. The van der Waals surface area contributed by atoms with E-state index >= 15 is 0 Å². The van der Waals surface area contributed by atoms with Crippen LogP contribution in [0.25, 0.3) is 11.0 Å². The summed E-state index contributed by atoms with van der Waals surface area (Å²) < 4.78 is 12.8. The summed E-state index contributed by atoms with van der Waals surface area (Å²) >= 11 is 1.64. The fourth-order valence-electron chi connectivity index (χ4n) is 3.73. The minimum absolute atomic E-state index is 0.0626. The first-order valence-electron chi connectivity index (χ1n) is 10.5. The zero-order valence-corrected chi connectivity index (χ0v) is 18.5. The van der Waals surface area contributed by atoms with Gasteiger partial charge < -0.3 is 19.4 Å². The van der Waals surface area contributed by atoms with Gasteiger partial charge in [-0.25, -0.2) is 4.98 Å². The molecule has 0 aliphatic carbocycles. The van der Waals surface area contributed by atoms with Crippen molar-refractivity contribution in [3.05, 3.63) is 83.9 Å². The van der Waals surface area contributed by atoms with Gasteiger partial charge in [-0.15, -0.1) is 0 Å². The average molecular weight is 446 g/mol. The Morgan fingerprint density at radius 3 is 2.69 bits per heavy atom. The number of amides is 1. The molecule has 2 heterocycles. The van der Waals surface area contributed by atoms with Crippen molar-refractivity contribution in [2.75, 3.05) is 6.79 Å². The summed E-state index contributed by atoms with van der Waals surface area (Å²) in [5.41, 5.74) is 4.02. The summed E-state index contributed by atoms with van der Waals surface area (Å²) in [7, 11) is 0. The van der Waals surface area contributed by atoms with E-state index in [9.17, 15) is 4.79 Å². The number of rotatable bonds is 7. The summed E-state index contributed by atoms with van der Waals surface area (Å²) in [5, 5.41) is 3.88. The Kier molecular flexibility index (Phi) is 5.73. The van der Waals surface area contributed by atoms with Gasteiger partial charge in [0.2, 0.25) is 12.7 Å². The normalized spacial score (nSPS) is 13.3. The van der Waals surface area contributed by atoms with Gasteiger partial charge in [-0.3, -0.25) is 4.79 Å². The zero-order valence-electron chi connectivity index (χ0n) is 17.7. The molecule has 1 amide bonds. The lowest BCUT2D eigenvalue weighted by molar-refractivity contribution is -0.124. The van der Waals surface area contributed by atoms with E-state index in [-0.39, 0.29) is 12.7 Å². The maximum Gasteiger partial charge on any atom is 0.243 e. The number of carbonyl (C=O) groups excluding carboxylic acids is 1. The third-order valence-corrected chi connectivity index (χ3v) is 6.47. The summed E-state index contributed by atoms with van der Waals surface area (Å²) in [6, 6.07) is 23.5. The number of nitrogens with zero attached hydrogens (tertiary/aromatic N) is 2. The Balaban J connectivity index is 1.34. The van der Waals surface area contributed by atoms with Crippen LogP contribution in [0.3, 0.4) is 0 Å². The highest BCUT2D eigenvalue weighted by atomic mass is 32.2. The second-order valence-electron chi connectivity index (χ2n) is 7.61. The van der Waals surface area contributed by atoms with Gasteiger partial charge in [-0.1, -0.05) is 60.3 Å². The lowest BCUT2D eigenvalue weighted by atomic mass is 10.2. The van der Waals surface area contributed by atoms with Crippen molar-refractivity contribution in [3.8, 4) is 11.5 Å². The molecule has 1 aromatic heterocycles. The van der Waals surface area contributed by atoms with Crippen LogP contribution in [-0.4, -0.2) is 22.3 Å². The number of benzene rings is 3. The Labute approximate surface area is 190 Å². The molecule has 4 aromatic rings. The van der Waals surface area contributed by atoms with Crippen LogP contribution < -0.4 is 14.8 Å². The maximum absolute atomic E-state index is 13.1. The molecule has 0 bridgehead atoms. The lowest BCUT2D eigenvalue weighted by Crippen LogP contribution is -2.30. The number of thioether (sulfide) groups is 1. The van der Waals surface area contributed by atoms with E-state index in [0.717, 1.165) is 33.3 Å².